The number of nitrogens with zero attached hydrogens (tertiary/aromatic N) is 3. The molecule has 1 amide bonds. The summed E-state index contributed by atoms with van der Waals surface area (Å²) >= 11 is 0. The topological polar surface area (TPSA) is 38.1 Å². The molecule has 0 N–H and O–H groups in total. The summed E-state index contributed by atoms with van der Waals surface area (Å²) in [5.74, 6) is -0.280. The van der Waals surface area contributed by atoms with Crippen LogP contribution >= 0.6 is 0 Å². The van der Waals surface area contributed by atoms with Crippen molar-refractivity contribution in [3.8, 4) is 0 Å². The molecule has 1 aromatic heterocycles. The van der Waals surface area contributed by atoms with Crippen molar-refractivity contribution in [1.82, 2.24) is 14.7 Å². The lowest BCUT2D eigenvalue weighted by molar-refractivity contribution is 0.0707. The molecule has 1 aromatic carbocycles. The van der Waals surface area contributed by atoms with Crippen LogP contribution in [0, 0.1) is 5.82 Å². The summed E-state index contributed by atoms with van der Waals surface area (Å²) in [5, 5.41) is 4.43. The van der Waals surface area contributed by atoms with Crippen molar-refractivity contribution in [1.29, 1.82) is 0 Å². The summed E-state index contributed by atoms with van der Waals surface area (Å²) in [4.78, 5) is 14.1. The third-order valence-electron chi connectivity index (χ3n) is 4.04. The Labute approximate surface area is 123 Å². The number of hydrogen-bond acceptors (Lipinski definition) is 2. The number of rotatable bonds is 2. The second kappa shape index (κ2) is 5.68. The van der Waals surface area contributed by atoms with E-state index in [1.165, 1.54) is 6.07 Å². The number of halogens is 1. The molecule has 1 saturated heterocycles. The molecule has 21 heavy (non-hydrogen) atoms. The summed E-state index contributed by atoms with van der Waals surface area (Å²) in [6, 6.07) is 8.19. The van der Waals surface area contributed by atoms with Gasteiger partial charge in [0.2, 0.25) is 0 Å². The van der Waals surface area contributed by atoms with Gasteiger partial charge < -0.3 is 4.90 Å². The van der Waals surface area contributed by atoms with Gasteiger partial charge in [-0.05, 0) is 31.0 Å². The lowest BCUT2D eigenvalue weighted by Crippen LogP contribution is -2.38. The largest absolute Gasteiger partial charge is 0.339 e. The minimum atomic E-state index is -0.450. The van der Waals surface area contributed by atoms with Crippen molar-refractivity contribution in [3.05, 3.63) is 53.6 Å². The lowest BCUT2D eigenvalue weighted by Gasteiger charge is -2.31. The molecular weight excluding hydrogens is 269 g/mol. The summed E-state index contributed by atoms with van der Waals surface area (Å²) in [7, 11) is 1.90. The van der Waals surface area contributed by atoms with Gasteiger partial charge >= 0.3 is 0 Å². The normalized spacial score (nSPS) is 16.2. The minimum absolute atomic E-state index is 0.161. The van der Waals surface area contributed by atoms with E-state index in [1.807, 2.05) is 19.3 Å². The van der Waals surface area contributed by atoms with Crippen LogP contribution in [-0.2, 0) is 7.05 Å². The maximum Gasteiger partial charge on any atom is 0.256 e. The molecule has 0 radical (unpaired) electrons. The summed E-state index contributed by atoms with van der Waals surface area (Å²) in [5.41, 5.74) is 1.24. The van der Waals surface area contributed by atoms with Gasteiger partial charge in [0.25, 0.3) is 5.91 Å². The number of likely N-dealkylation sites (tertiary alicyclic amines) is 1. The molecule has 5 heteroatoms. The van der Waals surface area contributed by atoms with Gasteiger partial charge in [0, 0.05) is 32.3 Å². The van der Waals surface area contributed by atoms with Crippen molar-refractivity contribution in [2.24, 2.45) is 7.05 Å². The third kappa shape index (κ3) is 2.82. The van der Waals surface area contributed by atoms with Crippen molar-refractivity contribution in [2.75, 3.05) is 13.1 Å². The highest BCUT2D eigenvalue weighted by molar-refractivity contribution is 5.94. The molecule has 1 aliphatic heterocycles. The Bertz CT molecular complexity index is 644. The molecule has 4 nitrogen and oxygen atoms in total. The molecule has 0 bridgehead atoms. The van der Waals surface area contributed by atoms with Crippen LogP contribution in [0.1, 0.15) is 34.8 Å². The van der Waals surface area contributed by atoms with Crippen LogP contribution < -0.4 is 0 Å². The molecule has 0 spiro atoms. The zero-order valence-corrected chi connectivity index (χ0v) is 12.0. The van der Waals surface area contributed by atoms with Gasteiger partial charge in [-0.1, -0.05) is 12.1 Å². The smallest absolute Gasteiger partial charge is 0.256 e. The molecule has 2 aromatic rings. The van der Waals surface area contributed by atoms with E-state index in [0.717, 1.165) is 18.5 Å². The Morgan fingerprint density at radius 2 is 1.95 bits per heavy atom. The van der Waals surface area contributed by atoms with E-state index in [1.54, 1.807) is 27.8 Å². The predicted molar refractivity (Wildman–Crippen MR) is 77.5 cm³/mol. The number of aryl methyl sites for hydroxylation is 1. The fourth-order valence-corrected chi connectivity index (χ4v) is 2.83. The zero-order chi connectivity index (χ0) is 14.8. The van der Waals surface area contributed by atoms with Gasteiger partial charge in [-0.3, -0.25) is 9.48 Å². The maximum absolute atomic E-state index is 13.7. The fourth-order valence-electron chi connectivity index (χ4n) is 2.83. The number of aromatic nitrogens is 2. The van der Waals surface area contributed by atoms with E-state index in [0.29, 0.717) is 19.0 Å². The van der Waals surface area contributed by atoms with Crippen LogP contribution in [0.15, 0.2) is 36.5 Å². The van der Waals surface area contributed by atoms with Crippen molar-refractivity contribution < 1.29 is 9.18 Å². The second-order valence-electron chi connectivity index (χ2n) is 5.46. The van der Waals surface area contributed by atoms with Crippen LogP contribution in [0.2, 0.25) is 0 Å². The number of amides is 1. The van der Waals surface area contributed by atoms with Gasteiger partial charge in [-0.2, -0.15) is 5.10 Å². The van der Waals surface area contributed by atoms with Gasteiger partial charge in [-0.15, -0.1) is 0 Å². The third-order valence-corrected chi connectivity index (χ3v) is 4.04. The van der Waals surface area contributed by atoms with E-state index in [9.17, 15) is 9.18 Å². The molecule has 0 atom stereocenters. The number of carbonyl (C=O) groups is 1. The Hall–Kier alpha value is -2.17. The Morgan fingerprint density at radius 3 is 2.57 bits per heavy atom. The van der Waals surface area contributed by atoms with Crippen LogP contribution in [0.5, 0.6) is 0 Å². The standard InChI is InChI=1S/C16H18FN3O/c1-19-9-8-15(18-19)12-6-10-20(11-7-12)16(21)13-4-2-3-5-14(13)17/h2-5,8-9,12H,6-7,10-11H2,1H3. The highest BCUT2D eigenvalue weighted by Crippen LogP contribution is 2.27. The van der Waals surface area contributed by atoms with Gasteiger partial charge in [0.1, 0.15) is 5.82 Å². The van der Waals surface area contributed by atoms with Crippen LogP contribution in [0.3, 0.4) is 0 Å². The monoisotopic (exact) mass is 287 g/mol. The molecule has 1 fully saturated rings. The van der Waals surface area contributed by atoms with Gasteiger partial charge in [0.15, 0.2) is 0 Å². The summed E-state index contributed by atoms with van der Waals surface area (Å²) < 4.78 is 15.5. The van der Waals surface area contributed by atoms with Gasteiger partial charge in [-0.25, -0.2) is 4.39 Å². The van der Waals surface area contributed by atoms with Crippen LogP contribution in [-0.4, -0.2) is 33.7 Å². The molecular formula is C16H18FN3O. The van der Waals surface area contributed by atoms with E-state index >= 15 is 0 Å². The fraction of sp³-hybridized carbons (Fsp3) is 0.375. The summed E-state index contributed by atoms with van der Waals surface area (Å²) in [6.07, 6.45) is 3.68. The average Bonchev–Trinajstić information content (AvgIpc) is 2.94. The summed E-state index contributed by atoms with van der Waals surface area (Å²) in [6.45, 7) is 1.29. The molecule has 0 saturated carbocycles. The average molecular weight is 287 g/mol. The Morgan fingerprint density at radius 1 is 1.24 bits per heavy atom. The maximum atomic E-state index is 13.7. The van der Waals surface area contributed by atoms with Gasteiger partial charge in [0.05, 0.1) is 11.3 Å². The number of hydrogen-bond donors (Lipinski definition) is 0. The number of benzene rings is 1. The van der Waals surface area contributed by atoms with Crippen molar-refractivity contribution >= 4 is 5.91 Å². The Kier molecular flexibility index (Phi) is 3.73. The molecule has 3 rings (SSSR count). The lowest BCUT2D eigenvalue weighted by atomic mass is 9.93. The minimum Gasteiger partial charge on any atom is -0.339 e. The van der Waals surface area contributed by atoms with Crippen molar-refractivity contribution in [2.45, 2.75) is 18.8 Å². The quantitative estimate of drug-likeness (QED) is 0.851. The van der Waals surface area contributed by atoms with E-state index in [-0.39, 0.29) is 11.5 Å². The SMILES string of the molecule is Cn1ccc(C2CCN(C(=O)c3ccccc3F)CC2)n1. The molecule has 110 valence electrons. The first-order valence-electron chi connectivity index (χ1n) is 7.18. The van der Waals surface area contributed by atoms with E-state index < -0.39 is 5.82 Å². The first-order chi connectivity index (χ1) is 10.1. The first-order valence-corrected chi connectivity index (χ1v) is 7.18. The number of piperidine rings is 1. The van der Waals surface area contributed by atoms with Crippen LogP contribution in [0.4, 0.5) is 4.39 Å². The zero-order valence-electron chi connectivity index (χ0n) is 12.0. The molecule has 1 aliphatic rings. The number of carbonyl (C=O) groups excluding carboxylic acids is 1. The molecule has 0 unspecified atom stereocenters. The van der Waals surface area contributed by atoms with Crippen molar-refractivity contribution in [3.63, 3.8) is 0 Å². The first kappa shape index (κ1) is 13.8. The van der Waals surface area contributed by atoms with E-state index in [2.05, 4.69) is 5.10 Å². The second-order valence-corrected chi connectivity index (χ2v) is 5.46. The highest BCUT2D eigenvalue weighted by atomic mass is 19.1. The predicted octanol–water partition coefficient (Wildman–Crippen LogP) is 2.58. The molecule has 2 heterocycles. The highest BCUT2D eigenvalue weighted by Gasteiger charge is 2.26. The molecule has 0 aliphatic carbocycles. The van der Waals surface area contributed by atoms with E-state index in [4.69, 9.17) is 0 Å². The van der Waals surface area contributed by atoms with Crippen LogP contribution in [0.25, 0.3) is 0 Å². The Balaban J connectivity index is 1.66.